The van der Waals surface area contributed by atoms with E-state index >= 15 is 0 Å². The number of aliphatic carboxylic acids is 1. The van der Waals surface area contributed by atoms with Crippen molar-refractivity contribution in [3.8, 4) is 0 Å². The molecule has 0 bridgehead atoms. The van der Waals surface area contributed by atoms with E-state index in [0.717, 1.165) is 6.42 Å². The predicted octanol–water partition coefficient (Wildman–Crippen LogP) is 2.89. The monoisotopic (exact) mass is 297 g/mol. The number of rotatable bonds is 6. The SMILES string of the molecule is O=C(CC1(C(=O)O)CCC1)NCc1ccc(C(F)F)cc1. The van der Waals surface area contributed by atoms with Crippen molar-refractivity contribution in [1.29, 1.82) is 0 Å². The molecule has 0 atom stereocenters. The maximum Gasteiger partial charge on any atom is 0.310 e. The van der Waals surface area contributed by atoms with Gasteiger partial charge in [0.2, 0.25) is 5.91 Å². The van der Waals surface area contributed by atoms with E-state index in [-0.39, 0.29) is 24.4 Å². The van der Waals surface area contributed by atoms with Gasteiger partial charge in [0.25, 0.3) is 6.43 Å². The average molecular weight is 297 g/mol. The maximum atomic E-state index is 12.4. The Kier molecular flexibility index (Phi) is 4.55. The largest absolute Gasteiger partial charge is 0.481 e. The molecule has 6 heteroatoms. The Balaban J connectivity index is 1.85. The molecule has 1 aliphatic rings. The van der Waals surface area contributed by atoms with Crippen molar-refractivity contribution in [2.24, 2.45) is 5.41 Å². The molecule has 0 unspecified atom stereocenters. The molecule has 1 saturated carbocycles. The smallest absolute Gasteiger partial charge is 0.310 e. The number of carboxylic acids is 1. The van der Waals surface area contributed by atoms with Gasteiger partial charge in [0.05, 0.1) is 5.41 Å². The van der Waals surface area contributed by atoms with Crippen LogP contribution in [0.5, 0.6) is 0 Å². The normalized spacial score (nSPS) is 16.3. The number of hydrogen-bond acceptors (Lipinski definition) is 2. The Morgan fingerprint density at radius 3 is 2.29 bits per heavy atom. The number of halogens is 2. The average Bonchev–Trinajstić information content (AvgIpc) is 2.40. The van der Waals surface area contributed by atoms with Crippen LogP contribution in [0.4, 0.5) is 8.78 Å². The number of amides is 1. The summed E-state index contributed by atoms with van der Waals surface area (Å²) in [6, 6.07) is 5.68. The zero-order valence-electron chi connectivity index (χ0n) is 11.4. The van der Waals surface area contributed by atoms with Gasteiger partial charge >= 0.3 is 5.97 Å². The summed E-state index contributed by atoms with van der Waals surface area (Å²) in [6.07, 6.45) is -0.660. The molecule has 1 aliphatic carbocycles. The van der Waals surface area contributed by atoms with Gasteiger partial charge in [-0.1, -0.05) is 30.7 Å². The Morgan fingerprint density at radius 1 is 1.24 bits per heavy atom. The quantitative estimate of drug-likeness (QED) is 0.848. The second-order valence-corrected chi connectivity index (χ2v) is 5.43. The number of carboxylic acid groups (broad SMARTS) is 1. The van der Waals surface area contributed by atoms with Crippen LogP contribution in [0.15, 0.2) is 24.3 Å². The lowest BCUT2D eigenvalue weighted by atomic mass is 9.66. The molecule has 4 nitrogen and oxygen atoms in total. The van der Waals surface area contributed by atoms with Crippen LogP contribution >= 0.6 is 0 Å². The molecule has 0 heterocycles. The fourth-order valence-corrected chi connectivity index (χ4v) is 2.42. The number of nitrogens with one attached hydrogen (secondary N) is 1. The standard InChI is InChI=1S/C15H17F2NO3/c16-13(17)11-4-2-10(3-5-11)9-18-12(19)8-15(14(20)21)6-1-7-15/h2-5,13H,1,6-9H2,(H,18,19)(H,20,21). The van der Waals surface area contributed by atoms with Crippen LogP contribution in [-0.4, -0.2) is 17.0 Å². The van der Waals surface area contributed by atoms with Crippen molar-refractivity contribution in [2.45, 2.75) is 38.7 Å². The van der Waals surface area contributed by atoms with E-state index in [1.165, 1.54) is 24.3 Å². The van der Waals surface area contributed by atoms with Gasteiger partial charge in [-0.3, -0.25) is 9.59 Å². The molecule has 0 saturated heterocycles. The van der Waals surface area contributed by atoms with Crippen molar-refractivity contribution in [2.75, 3.05) is 0 Å². The second kappa shape index (κ2) is 6.20. The molecule has 0 radical (unpaired) electrons. The number of benzene rings is 1. The van der Waals surface area contributed by atoms with Gasteiger partial charge < -0.3 is 10.4 Å². The first-order valence-electron chi connectivity index (χ1n) is 6.80. The molecule has 0 aromatic heterocycles. The van der Waals surface area contributed by atoms with E-state index in [9.17, 15) is 18.4 Å². The minimum Gasteiger partial charge on any atom is -0.481 e. The molecule has 1 amide bonds. The molecule has 1 aromatic carbocycles. The molecule has 0 aliphatic heterocycles. The Morgan fingerprint density at radius 2 is 1.86 bits per heavy atom. The fraction of sp³-hybridized carbons (Fsp3) is 0.467. The number of carbonyl (C=O) groups is 2. The Labute approximate surface area is 121 Å². The summed E-state index contributed by atoms with van der Waals surface area (Å²) in [5.74, 6) is -1.25. The third kappa shape index (κ3) is 3.56. The third-order valence-electron chi connectivity index (χ3n) is 3.98. The van der Waals surface area contributed by atoms with Crippen molar-refractivity contribution >= 4 is 11.9 Å². The number of carbonyl (C=O) groups excluding carboxylic acids is 1. The molecule has 2 rings (SSSR count). The highest BCUT2D eigenvalue weighted by Gasteiger charge is 2.45. The fourth-order valence-electron chi connectivity index (χ4n) is 2.42. The van der Waals surface area contributed by atoms with Crippen LogP contribution < -0.4 is 5.32 Å². The van der Waals surface area contributed by atoms with Crippen molar-refractivity contribution in [3.63, 3.8) is 0 Å². The summed E-state index contributed by atoms with van der Waals surface area (Å²) in [4.78, 5) is 23.0. The summed E-state index contributed by atoms with van der Waals surface area (Å²) in [6.45, 7) is 0.206. The minimum absolute atomic E-state index is 0.0303. The molecular formula is C15H17F2NO3. The summed E-state index contributed by atoms with van der Waals surface area (Å²) in [5, 5.41) is 11.8. The third-order valence-corrected chi connectivity index (χ3v) is 3.98. The first kappa shape index (κ1) is 15.4. The maximum absolute atomic E-state index is 12.4. The molecule has 21 heavy (non-hydrogen) atoms. The van der Waals surface area contributed by atoms with Gasteiger partial charge in [-0.05, 0) is 18.4 Å². The number of alkyl halides is 2. The van der Waals surface area contributed by atoms with E-state index in [0.29, 0.717) is 18.4 Å². The second-order valence-electron chi connectivity index (χ2n) is 5.43. The zero-order chi connectivity index (χ0) is 15.5. The predicted molar refractivity (Wildman–Crippen MR) is 71.8 cm³/mol. The summed E-state index contributed by atoms with van der Waals surface area (Å²) in [7, 11) is 0. The summed E-state index contributed by atoms with van der Waals surface area (Å²) < 4.78 is 24.8. The van der Waals surface area contributed by atoms with Crippen LogP contribution in [0.25, 0.3) is 0 Å². The lowest BCUT2D eigenvalue weighted by Crippen LogP contribution is -2.42. The summed E-state index contributed by atoms with van der Waals surface area (Å²) in [5.41, 5.74) is -0.279. The van der Waals surface area contributed by atoms with Crippen LogP contribution in [-0.2, 0) is 16.1 Å². The van der Waals surface area contributed by atoms with E-state index in [1.807, 2.05) is 0 Å². The molecule has 114 valence electrons. The summed E-state index contributed by atoms with van der Waals surface area (Å²) >= 11 is 0. The van der Waals surface area contributed by atoms with Gasteiger partial charge in [-0.2, -0.15) is 0 Å². The Bertz CT molecular complexity index is 524. The van der Waals surface area contributed by atoms with Crippen molar-refractivity contribution < 1.29 is 23.5 Å². The first-order chi connectivity index (χ1) is 9.93. The van der Waals surface area contributed by atoms with Crippen molar-refractivity contribution in [3.05, 3.63) is 35.4 Å². The van der Waals surface area contributed by atoms with Gasteiger partial charge in [0.15, 0.2) is 0 Å². The molecular weight excluding hydrogens is 280 g/mol. The van der Waals surface area contributed by atoms with Crippen LogP contribution in [0.1, 0.15) is 43.2 Å². The first-order valence-corrected chi connectivity index (χ1v) is 6.80. The topological polar surface area (TPSA) is 66.4 Å². The number of hydrogen-bond donors (Lipinski definition) is 2. The highest BCUT2D eigenvalue weighted by atomic mass is 19.3. The van der Waals surface area contributed by atoms with E-state index in [1.54, 1.807) is 0 Å². The molecule has 2 N–H and O–H groups in total. The van der Waals surface area contributed by atoms with Gasteiger partial charge in [-0.25, -0.2) is 8.78 Å². The van der Waals surface area contributed by atoms with Crippen LogP contribution in [0.2, 0.25) is 0 Å². The van der Waals surface area contributed by atoms with Crippen LogP contribution in [0.3, 0.4) is 0 Å². The molecule has 0 spiro atoms. The van der Waals surface area contributed by atoms with E-state index in [4.69, 9.17) is 5.11 Å². The zero-order valence-corrected chi connectivity index (χ0v) is 11.4. The highest BCUT2D eigenvalue weighted by molar-refractivity contribution is 5.85. The Hall–Kier alpha value is -1.98. The van der Waals surface area contributed by atoms with Gasteiger partial charge in [-0.15, -0.1) is 0 Å². The van der Waals surface area contributed by atoms with E-state index < -0.39 is 17.8 Å². The lowest BCUT2D eigenvalue weighted by Gasteiger charge is -2.36. The van der Waals surface area contributed by atoms with Crippen LogP contribution in [0, 0.1) is 5.41 Å². The minimum atomic E-state index is -2.51. The van der Waals surface area contributed by atoms with E-state index in [2.05, 4.69) is 5.32 Å². The highest BCUT2D eigenvalue weighted by Crippen LogP contribution is 2.44. The molecule has 1 aromatic rings. The van der Waals surface area contributed by atoms with Crippen molar-refractivity contribution in [1.82, 2.24) is 5.32 Å². The molecule has 1 fully saturated rings. The lowest BCUT2D eigenvalue weighted by molar-refractivity contribution is -0.157. The van der Waals surface area contributed by atoms with Gasteiger partial charge in [0.1, 0.15) is 0 Å². The van der Waals surface area contributed by atoms with Gasteiger partial charge in [0, 0.05) is 18.5 Å².